The molecule has 1 unspecified atom stereocenters. The first-order valence-electron chi connectivity index (χ1n) is 6.19. The van der Waals surface area contributed by atoms with Crippen LogP contribution in [-0.4, -0.2) is 11.8 Å². The largest absolute Gasteiger partial charge is 0.292 e. The summed E-state index contributed by atoms with van der Waals surface area (Å²) in [5, 5.41) is 8.35. The molecule has 0 aromatic carbocycles. The molecule has 0 bridgehead atoms. The number of allylic oxidation sites excluding steroid dienone is 1. The Morgan fingerprint density at radius 1 is 1.18 bits per heavy atom. The van der Waals surface area contributed by atoms with Crippen LogP contribution in [0.15, 0.2) is 21.5 Å². The molecule has 1 aliphatic rings. The van der Waals surface area contributed by atoms with Gasteiger partial charge in [0.2, 0.25) is 0 Å². The number of hydrogen-bond acceptors (Lipinski definition) is 3. The van der Waals surface area contributed by atoms with Gasteiger partial charge in [0, 0.05) is 5.41 Å². The van der Waals surface area contributed by atoms with Crippen molar-refractivity contribution in [1.82, 2.24) is 0 Å². The second kappa shape index (κ2) is 4.35. The van der Waals surface area contributed by atoms with E-state index in [0.29, 0.717) is 5.70 Å². The molecule has 0 aromatic heterocycles. The van der Waals surface area contributed by atoms with Crippen LogP contribution in [0.25, 0.3) is 0 Å². The van der Waals surface area contributed by atoms with E-state index in [1.807, 2.05) is 27.7 Å². The first-order chi connectivity index (χ1) is 7.52. The second-order valence-electron chi connectivity index (χ2n) is 7.11. The third-order valence-corrected chi connectivity index (χ3v) is 2.87. The molecule has 1 heterocycles. The maximum atomic E-state index is 12.2. The Hall–Kier alpha value is -0.990. The minimum atomic E-state index is -0.383. The number of rotatable bonds is 2. The summed E-state index contributed by atoms with van der Waals surface area (Å²) in [5.41, 5.74) is 1.42. The Morgan fingerprint density at radius 2 is 1.71 bits per heavy atom. The lowest BCUT2D eigenvalue weighted by Gasteiger charge is -2.21. The maximum Gasteiger partial charge on any atom is 0.188 e. The number of ketones is 1. The Labute approximate surface area is 104 Å². The van der Waals surface area contributed by atoms with Gasteiger partial charge in [0.25, 0.3) is 0 Å². The van der Waals surface area contributed by atoms with Gasteiger partial charge < -0.3 is 0 Å². The first-order valence-corrected chi connectivity index (χ1v) is 6.19. The van der Waals surface area contributed by atoms with Crippen LogP contribution in [0.3, 0.4) is 0 Å². The Morgan fingerprint density at radius 3 is 2.12 bits per heavy atom. The molecule has 0 amide bonds. The molecule has 0 radical (unpaired) electrons. The van der Waals surface area contributed by atoms with Gasteiger partial charge in [-0.2, -0.15) is 10.2 Å². The van der Waals surface area contributed by atoms with Gasteiger partial charge in [-0.1, -0.05) is 41.5 Å². The summed E-state index contributed by atoms with van der Waals surface area (Å²) >= 11 is 0. The fourth-order valence-electron chi connectivity index (χ4n) is 1.80. The predicted octanol–water partition coefficient (Wildman–Crippen LogP) is 4.15. The molecular formula is C14H24N2O. The normalized spacial score (nSPS) is 21.2. The third-order valence-electron chi connectivity index (χ3n) is 2.87. The van der Waals surface area contributed by atoms with Crippen molar-refractivity contribution in [3.63, 3.8) is 0 Å². The van der Waals surface area contributed by atoms with Gasteiger partial charge in [0.05, 0.1) is 6.04 Å². The molecular weight excluding hydrogens is 212 g/mol. The Balaban J connectivity index is 2.91. The Bertz CT molecular complexity index is 378. The molecule has 96 valence electrons. The SMILES string of the molecule is CC1=C(C(=O)C(C)(C)C)N=NC1CC(C)(C)C. The van der Waals surface area contributed by atoms with Crippen LogP contribution in [0, 0.1) is 10.8 Å². The highest BCUT2D eigenvalue weighted by atomic mass is 16.1. The zero-order valence-corrected chi connectivity index (χ0v) is 12.1. The van der Waals surface area contributed by atoms with E-state index >= 15 is 0 Å². The molecule has 1 atom stereocenters. The number of nitrogens with zero attached hydrogens (tertiary/aromatic N) is 2. The van der Waals surface area contributed by atoms with Crippen LogP contribution in [0.1, 0.15) is 54.9 Å². The van der Waals surface area contributed by atoms with E-state index < -0.39 is 0 Å². The zero-order chi connectivity index (χ0) is 13.4. The van der Waals surface area contributed by atoms with Crippen molar-refractivity contribution in [3.8, 4) is 0 Å². The number of carbonyl (C=O) groups excluding carboxylic acids is 1. The fraction of sp³-hybridized carbons (Fsp3) is 0.786. The van der Waals surface area contributed by atoms with Crippen LogP contribution in [0.2, 0.25) is 0 Å². The fourth-order valence-corrected chi connectivity index (χ4v) is 1.80. The van der Waals surface area contributed by atoms with Crippen LogP contribution in [0.4, 0.5) is 0 Å². The van der Waals surface area contributed by atoms with Crippen LogP contribution >= 0.6 is 0 Å². The van der Waals surface area contributed by atoms with Gasteiger partial charge in [0.15, 0.2) is 5.78 Å². The van der Waals surface area contributed by atoms with Crippen LogP contribution in [-0.2, 0) is 4.79 Å². The lowest BCUT2D eigenvalue weighted by atomic mass is 9.83. The molecule has 0 fully saturated rings. The quantitative estimate of drug-likeness (QED) is 0.710. The first kappa shape index (κ1) is 14.1. The molecule has 0 aliphatic carbocycles. The lowest BCUT2D eigenvalue weighted by molar-refractivity contribution is -0.122. The molecule has 3 nitrogen and oxygen atoms in total. The number of carbonyl (C=O) groups is 1. The number of Topliss-reactive ketones (excluding diaryl/α,β-unsaturated/α-hetero) is 1. The smallest absolute Gasteiger partial charge is 0.188 e. The highest BCUT2D eigenvalue weighted by molar-refractivity contribution is 5.99. The summed E-state index contributed by atoms with van der Waals surface area (Å²) in [7, 11) is 0. The monoisotopic (exact) mass is 236 g/mol. The number of hydrogen-bond donors (Lipinski definition) is 0. The lowest BCUT2D eigenvalue weighted by Crippen LogP contribution is -2.22. The molecule has 0 saturated carbocycles. The minimum absolute atomic E-state index is 0.0799. The summed E-state index contributed by atoms with van der Waals surface area (Å²) < 4.78 is 0. The van der Waals surface area contributed by atoms with Gasteiger partial charge >= 0.3 is 0 Å². The van der Waals surface area contributed by atoms with Crippen LogP contribution < -0.4 is 0 Å². The van der Waals surface area contributed by atoms with E-state index in [-0.39, 0.29) is 22.7 Å². The van der Waals surface area contributed by atoms with E-state index in [9.17, 15) is 4.79 Å². The summed E-state index contributed by atoms with van der Waals surface area (Å²) in [6, 6.07) is 0.0799. The standard InChI is InChI=1S/C14H24N2O/c1-9-10(8-13(2,3)4)15-16-11(9)12(17)14(5,6)7/h10H,8H2,1-7H3. The molecule has 1 rings (SSSR count). The van der Waals surface area contributed by atoms with Crippen molar-refractivity contribution in [2.45, 2.75) is 60.9 Å². The van der Waals surface area contributed by atoms with Crippen molar-refractivity contribution in [3.05, 3.63) is 11.3 Å². The topological polar surface area (TPSA) is 41.8 Å². The zero-order valence-electron chi connectivity index (χ0n) is 12.1. The van der Waals surface area contributed by atoms with Crippen LogP contribution in [0.5, 0.6) is 0 Å². The van der Waals surface area contributed by atoms with Crippen molar-refractivity contribution < 1.29 is 4.79 Å². The van der Waals surface area contributed by atoms with E-state index in [1.54, 1.807) is 0 Å². The maximum absolute atomic E-state index is 12.2. The van der Waals surface area contributed by atoms with Gasteiger partial charge in [-0.05, 0) is 24.3 Å². The number of azo groups is 1. The van der Waals surface area contributed by atoms with Crippen molar-refractivity contribution in [1.29, 1.82) is 0 Å². The van der Waals surface area contributed by atoms with E-state index in [2.05, 4.69) is 31.0 Å². The average Bonchev–Trinajstić information content (AvgIpc) is 2.43. The van der Waals surface area contributed by atoms with E-state index in [1.165, 1.54) is 0 Å². The van der Waals surface area contributed by atoms with E-state index in [0.717, 1.165) is 12.0 Å². The van der Waals surface area contributed by atoms with Gasteiger partial charge in [-0.15, -0.1) is 0 Å². The highest BCUT2D eigenvalue weighted by Crippen LogP contribution is 2.34. The molecule has 0 saturated heterocycles. The second-order valence-corrected chi connectivity index (χ2v) is 7.11. The van der Waals surface area contributed by atoms with E-state index in [4.69, 9.17) is 0 Å². The average molecular weight is 236 g/mol. The third kappa shape index (κ3) is 3.48. The molecule has 17 heavy (non-hydrogen) atoms. The summed E-state index contributed by atoms with van der Waals surface area (Å²) in [6.45, 7) is 14.3. The van der Waals surface area contributed by atoms with Gasteiger partial charge in [0.1, 0.15) is 5.70 Å². The molecule has 0 aromatic rings. The molecule has 1 aliphatic heterocycles. The predicted molar refractivity (Wildman–Crippen MR) is 69.9 cm³/mol. The van der Waals surface area contributed by atoms with Crippen molar-refractivity contribution in [2.24, 2.45) is 21.1 Å². The minimum Gasteiger partial charge on any atom is -0.292 e. The van der Waals surface area contributed by atoms with Crippen molar-refractivity contribution >= 4 is 5.78 Å². The van der Waals surface area contributed by atoms with Gasteiger partial charge in [-0.3, -0.25) is 4.79 Å². The van der Waals surface area contributed by atoms with Crippen molar-refractivity contribution in [2.75, 3.05) is 0 Å². The summed E-state index contributed by atoms with van der Waals surface area (Å²) in [6.07, 6.45) is 0.934. The highest BCUT2D eigenvalue weighted by Gasteiger charge is 2.33. The molecule has 0 N–H and O–H groups in total. The Kier molecular flexibility index (Phi) is 3.60. The van der Waals surface area contributed by atoms with Gasteiger partial charge in [-0.25, -0.2) is 0 Å². The molecule has 3 heteroatoms. The molecule has 0 spiro atoms. The summed E-state index contributed by atoms with van der Waals surface area (Å²) in [5.74, 6) is 0.0927. The summed E-state index contributed by atoms with van der Waals surface area (Å²) in [4.78, 5) is 12.2.